The molecule has 0 bridgehead atoms. The van der Waals surface area contributed by atoms with Gasteiger partial charge < -0.3 is 15.1 Å². The summed E-state index contributed by atoms with van der Waals surface area (Å²) in [6.45, 7) is 2.49. The number of unbranched alkanes of at least 4 members (excludes halogenated alkanes) is 1. The Balaban J connectivity index is 0.00000288. The maximum absolute atomic E-state index is 5.36. The quantitative estimate of drug-likeness (QED) is 0.230. The monoisotopic (exact) mass is 479 g/mol. The Morgan fingerprint density at radius 2 is 2.08 bits per heavy atom. The molecule has 4 nitrogen and oxygen atoms in total. The highest BCUT2D eigenvalue weighted by Gasteiger charge is 2.01. The van der Waals surface area contributed by atoms with E-state index in [4.69, 9.17) is 4.42 Å². The van der Waals surface area contributed by atoms with Crippen LogP contribution in [0.4, 0.5) is 0 Å². The van der Waals surface area contributed by atoms with Gasteiger partial charge in [-0.05, 0) is 48.4 Å². The maximum atomic E-state index is 5.36. The molecule has 0 fully saturated rings. The molecule has 0 saturated carbocycles. The summed E-state index contributed by atoms with van der Waals surface area (Å²) in [5, 5.41) is 8.90. The fourth-order valence-corrected chi connectivity index (χ4v) is 3.19. The maximum Gasteiger partial charge on any atom is 0.191 e. The molecule has 7 heteroatoms. The van der Waals surface area contributed by atoms with Crippen LogP contribution in [0.1, 0.15) is 23.5 Å². The minimum atomic E-state index is 0. The van der Waals surface area contributed by atoms with Gasteiger partial charge in [-0.25, -0.2) is 4.99 Å². The van der Waals surface area contributed by atoms with Crippen molar-refractivity contribution in [3.8, 4) is 0 Å². The molecule has 0 radical (unpaired) electrons. The van der Waals surface area contributed by atoms with E-state index in [0.717, 1.165) is 37.8 Å². The molecular weight excluding hydrogens is 453 g/mol. The van der Waals surface area contributed by atoms with Crippen molar-refractivity contribution in [3.63, 3.8) is 0 Å². The second kappa shape index (κ2) is 13.6. The van der Waals surface area contributed by atoms with Crippen molar-refractivity contribution in [1.82, 2.24) is 10.6 Å². The van der Waals surface area contributed by atoms with E-state index in [1.165, 1.54) is 23.5 Å². The summed E-state index contributed by atoms with van der Waals surface area (Å²) in [5.41, 5.74) is 0. The predicted molar refractivity (Wildman–Crippen MR) is 117 cm³/mol. The topological polar surface area (TPSA) is 49.6 Å². The number of thioether (sulfide) groups is 1. The van der Waals surface area contributed by atoms with E-state index < -0.39 is 0 Å². The Bertz CT molecular complexity index is 544. The fourth-order valence-electron chi connectivity index (χ4n) is 2.07. The first-order chi connectivity index (χ1) is 11.4. The molecule has 0 saturated heterocycles. The van der Waals surface area contributed by atoms with Gasteiger partial charge in [0.15, 0.2) is 5.96 Å². The summed E-state index contributed by atoms with van der Waals surface area (Å²) in [4.78, 5) is 5.95. The molecule has 0 amide bonds. The Kier molecular flexibility index (Phi) is 12.1. The van der Waals surface area contributed by atoms with Gasteiger partial charge in [0.1, 0.15) is 5.76 Å². The molecule has 0 aliphatic rings. The molecular formula is C17H26IN3OS2. The van der Waals surface area contributed by atoms with Crippen molar-refractivity contribution in [2.24, 2.45) is 4.99 Å². The van der Waals surface area contributed by atoms with Crippen molar-refractivity contribution >= 4 is 53.0 Å². The molecule has 134 valence electrons. The number of furan rings is 1. The Hall–Kier alpha value is -0.670. The summed E-state index contributed by atoms with van der Waals surface area (Å²) < 4.78 is 5.36. The summed E-state index contributed by atoms with van der Waals surface area (Å²) in [5.74, 6) is 3.10. The smallest absolute Gasteiger partial charge is 0.191 e. The van der Waals surface area contributed by atoms with Crippen molar-refractivity contribution < 1.29 is 4.42 Å². The van der Waals surface area contributed by atoms with Gasteiger partial charge in [-0.1, -0.05) is 6.07 Å². The number of hydrogen-bond donors (Lipinski definition) is 2. The first kappa shape index (κ1) is 21.4. The minimum Gasteiger partial charge on any atom is -0.469 e. The van der Waals surface area contributed by atoms with Crippen molar-refractivity contribution in [2.45, 2.75) is 25.8 Å². The summed E-state index contributed by atoms with van der Waals surface area (Å²) in [6, 6.07) is 8.10. The number of hydrogen-bond acceptors (Lipinski definition) is 4. The number of guanidine groups is 1. The Labute approximate surface area is 169 Å². The van der Waals surface area contributed by atoms with Crippen LogP contribution in [0.3, 0.4) is 0 Å². The van der Waals surface area contributed by atoms with E-state index in [1.54, 1.807) is 17.6 Å². The Morgan fingerprint density at radius 3 is 2.79 bits per heavy atom. The van der Waals surface area contributed by atoms with Crippen LogP contribution >= 0.6 is 47.1 Å². The third-order valence-electron chi connectivity index (χ3n) is 3.28. The first-order valence-electron chi connectivity index (χ1n) is 7.94. The average Bonchev–Trinajstić information content (AvgIpc) is 3.25. The van der Waals surface area contributed by atoms with E-state index in [2.05, 4.69) is 39.4 Å². The van der Waals surface area contributed by atoms with E-state index >= 15 is 0 Å². The lowest BCUT2D eigenvalue weighted by molar-refractivity contribution is 0.506. The zero-order valence-corrected chi connectivity index (χ0v) is 18.0. The average molecular weight is 479 g/mol. The van der Waals surface area contributed by atoms with Gasteiger partial charge in [0.25, 0.3) is 0 Å². The zero-order valence-electron chi connectivity index (χ0n) is 14.0. The van der Waals surface area contributed by atoms with Gasteiger partial charge in [0.2, 0.25) is 0 Å². The normalized spacial score (nSPS) is 11.1. The SMILES string of the molecule is CSCCCCNC(=NCc1cccs1)NCCc1ccco1.I. The van der Waals surface area contributed by atoms with Crippen LogP contribution in [0.5, 0.6) is 0 Å². The van der Waals surface area contributed by atoms with E-state index in [9.17, 15) is 0 Å². The molecule has 2 aromatic heterocycles. The highest BCUT2D eigenvalue weighted by Crippen LogP contribution is 2.09. The van der Waals surface area contributed by atoms with Crippen LogP contribution in [-0.2, 0) is 13.0 Å². The van der Waals surface area contributed by atoms with Crippen LogP contribution in [0, 0.1) is 0 Å². The van der Waals surface area contributed by atoms with Crippen LogP contribution in [-0.4, -0.2) is 31.1 Å². The molecule has 0 aromatic carbocycles. The molecule has 2 rings (SSSR count). The van der Waals surface area contributed by atoms with E-state index in [-0.39, 0.29) is 24.0 Å². The third-order valence-corrected chi connectivity index (χ3v) is 4.84. The number of aliphatic imine (C=N–C) groups is 1. The zero-order chi connectivity index (χ0) is 16.2. The van der Waals surface area contributed by atoms with E-state index in [1.807, 2.05) is 23.9 Å². The largest absolute Gasteiger partial charge is 0.469 e. The first-order valence-corrected chi connectivity index (χ1v) is 10.2. The van der Waals surface area contributed by atoms with Crippen LogP contribution in [0.15, 0.2) is 45.3 Å². The van der Waals surface area contributed by atoms with Gasteiger partial charge in [0, 0.05) is 24.4 Å². The van der Waals surface area contributed by atoms with Crippen LogP contribution < -0.4 is 10.6 Å². The minimum absolute atomic E-state index is 0. The van der Waals surface area contributed by atoms with Crippen molar-refractivity contribution in [1.29, 1.82) is 0 Å². The van der Waals surface area contributed by atoms with Crippen LogP contribution in [0.2, 0.25) is 0 Å². The lowest BCUT2D eigenvalue weighted by Crippen LogP contribution is -2.39. The lowest BCUT2D eigenvalue weighted by Gasteiger charge is -2.12. The Morgan fingerprint density at radius 1 is 1.21 bits per heavy atom. The van der Waals surface area contributed by atoms with Gasteiger partial charge in [0.05, 0.1) is 12.8 Å². The predicted octanol–water partition coefficient (Wildman–Crippen LogP) is 4.38. The molecule has 2 aromatic rings. The summed E-state index contributed by atoms with van der Waals surface area (Å²) in [7, 11) is 0. The summed E-state index contributed by atoms with van der Waals surface area (Å²) in [6.07, 6.45) is 7.12. The molecule has 0 atom stereocenters. The second-order valence-corrected chi connectivity index (χ2v) is 7.14. The number of halogens is 1. The second-order valence-electron chi connectivity index (χ2n) is 5.13. The number of nitrogens with one attached hydrogen (secondary N) is 2. The van der Waals surface area contributed by atoms with Gasteiger partial charge >= 0.3 is 0 Å². The highest BCUT2D eigenvalue weighted by atomic mass is 127. The number of thiophene rings is 1. The number of rotatable bonds is 10. The molecule has 24 heavy (non-hydrogen) atoms. The molecule has 0 unspecified atom stereocenters. The van der Waals surface area contributed by atoms with Crippen molar-refractivity contribution in [2.75, 3.05) is 25.1 Å². The molecule has 0 aliphatic carbocycles. The standard InChI is InChI=1S/C17H25N3OS2.HI/c1-22-12-3-2-9-18-17(20-14-16-7-5-13-23-16)19-10-8-15-6-4-11-21-15;/h4-7,11,13H,2-3,8-10,12,14H2,1H3,(H2,18,19,20);1H. The number of nitrogens with zero attached hydrogens (tertiary/aromatic N) is 1. The van der Waals surface area contributed by atoms with Crippen molar-refractivity contribution in [3.05, 3.63) is 46.5 Å². The molecule has 0 spiro atoms. The summed E-state index contributed by atoms with van der Waals surface area (Å²) >= 11 is 3.64. The van der Waals surface area contributed by atoms with Crippen LogP contribution in [0.25, 0.3) is 0 Å². The molecule has 0 aliphatic heterocycles. The molecule has 2 N–H and O–H groups in total. The van der Waals surface area contributed by atoms with Gasteiger partial charge in [-0.3, -0.25) is 0 Å². The third kappa shape index (κ3) is 8.98. The van der Waals surface area contributed by atoms with Gasteiger partial charge in [-0.15, -0.1) is 35.3 Å². The van der Waals surface area contributed by atoms with Gasteiger partial charge in [-0.2, -0.15) is 11.8 Å². The van der Waals surface area contributed by atoms with E-state index in [0.29, 0.717) is 0 Å². The lowest BCUT2D eigenvalue weighted by atomic mass is 10.3. The molecule has 2 heterocycles. The fraction of sp³-hybridized carbons (Fsp3) is 0.471. The highest BCUT2D eigenvalue weighted by molar-refractivity contribution is 14.0.